The number of carboxylic acids is 1. The number of aliphatic carboxylic acids is 1. The smallest absolute Gasteiger partial charge is 0.326 e. The number of carbonyl (C=O) groups is 3. The van der Waals surface area contributed by atoms with Crippen molar-refractivity contribution in [2.75, 3.05) is 0 Å². The van der Waals surface area contributed by atoms with Gasteiger partial charge in [-0.15, -0.1) is 0 Å². The van der Waals surface area contributed by atoms with Crippen LogP contribution in [-0.2, 0) is 16.1 Å². The van der Waals surface area contributed by atoms with E-state index in [1.165, 1.54) is 0 Å². The summed E-state index contributed by atoms with van der Waals surface area (Å²) in [6.07, 6.45) is 1.07. The molecule has 0 aliphatic carbocycles. The van der Waals surface area contributed by atoms with E-state index < -0.39 is 30.4 Å². The van der Waals surface area contributed by atoms with Crippen molar-refractivity contribution in [1.82, 2.24) is 20.6 Å². The molecule has 1 heterocycles. The first kappa shape index (κ1) is 15.3. The third-order valence-corrected chi connectivity index (χ3v) is 2.27. The summed E-state index contributed by atoms with van der Waals surface area (Å²) in [5.41, 5.74) is 5.48. The fourth-order valence-electron chi connectivity index (χ4n) is 1.38. The Kier molecular flexibility index (Phi) is 5.39. The number of nitrogens with one attached hydrogen (secondary N) is 2. The molecule has 0 saturated heterocycles. The molecule has 20 heavy (non-hydrogen) atoms. The normalized spacial score (nSPS) is 11.4. The van der Waals surface area contributed by atoms with Gasteiger partial charge in [-0.1, -0.05) is 0 Å². The predicted octanol–water partition coefficient (Wildman–Crippen LogP) is -1.09. The van der Waals surface area contributed by atoms with E-state index in [1.807, 2.05) is 0 Å². The second-order valence-corrected chi connectivity index (χ2v) is 3.98. The molecular weight excluding hydrogens is 266 g/mol. The number of carboxylic acid groups (broad SMARTS) is 1. The molecule has 1 aromatic rings. The van der Waals surface area contributed by atoms with Crippen molar-refractivity contribution in [3.8, 4) is 0 Å². The van der Waals surface area contributed by atoms with Gasteiger partial charge < -0.3 is 21.5 Å². The molecule has 5 N–H and O–H groups in total. The van der Waals surface area contributed by atoms with Crippen LogP contribution in [0.15, 0.2) is 12.3 Å². The van der Waals surface area contributed by atoms with Crippen LogP contribution >= 0.6 is 0 Å². The topological polar surface area (TPSA) is 147 Å². The van der Waals surface area contributed by atoms with Crippen LogP contribution in [0.5, 0.6) is 0 Å². The van der Waals surface area contributed by atoms with E-state index in [9.17, 15) is 14.4 Å². The third kappa shape index (κ3) is 5.29. The summed E-state index contributed by atoms with van der Waals surface area (Å²) in [5, 5.41) is 13.4. The first-order chi connectivity index (χ1) is 9.38. The fourth-order valence-corrected chi connectivity index (χ4v) is 1.38. The fraction of sp³-hybridized carbons (Fsp3) is 0.364. The number of urea groups is 1. The Hall–Kier alpha value is -2.71. The Morgan fingerprint density at radius 2 is 2.15 bits per heavy atom. The number of rotatable bonds is 6. The summed E-state index contributed by atoms with van der Waals surface area (Å²) in [6, 6.07) is -0.472. The van der Waals surface area contributed by atoms with E-state index in [4.69, 9.17) is 10.8 Å². The molecule has 3 amide bonds. The molecule has 0 aromatic carbocycles. The average Bonchev–Trinajstić information content (AvgIpc) is 2.35. The van der Waals surface area contributed by atoms with Gasteiger partial charge >= 0.3 is 12.0 Å². The van der Waals surface area contributed by atoms with Crippen LogP contribution in [0.2, 0.25) is 0 Å². The quantitative estimate of drug-likeness (QED) is 0.521. The summed E-state index contributed by atoms with van der Waals surface area (Å²) in [7, 11) is 0. The zero-order valence-corrected chi connectivity index (χ0v) is 10.8. The van der Waals surface area contributed by atoms with Gasteiger partial charge in [0.15, 0.2) is 0 Å². The van der Waals surface area contributed by atoms with Crippen molar-refractivity contribution in [2.45, 2.75) is 25.9 Å². The van der Waals surface area contributed by atoms with Crippen LogP contribution in [-0.4, -0.2) is 39.0 Å². The Morgan fingerprint density at radius 1 is 1.45 bits per heavy atom. The highest BCUT2D eigenvalue weighted by Crippen LogP contribution is 1.95. The van der Waals surface area contributed by atoms with Gasteiger partial charge in [0, 0.05) is 6.20 Å². The molecule has 0 fully saturated rings. The molecule has 9 nitrogen and oxygen atoms in total. The molecule has 1 atom stereocenters. The SMILES string of the molecule is Cc1nccc(CNC(=O)N[C@H](CC(N)=O)C(=O)O)n1. The molecule has 0 aliphatic heterocycles. The number of carbonyl (C=O) groups excluding carboxylic acids is 2. The monoisotopic (exact) mass is 281 g/mol. The second-order valence-electron chi connectivity index (χ2n) is 3.98. The summed E-state index contributed by atoms with van der Waals surface area (Å²) in [5.74, 6) is -1.59. The second kappa shape index (κ2) is 7.02. The van der Waals surface area contributed by atoms with Crippen molar-refractivity contribution in [3.63, 3.8) is 0 Å². The molecule has 0 bridgehead atoms. The zero-order valence-electron chi connectivity index (χ0n) is 10.8. The Balaban J connectivity index is 2.49. The lowest BCUT2D eigenvalue weighted by Gasteiger charge is -2.13. The highest BCUT2D eigenvalue weighted by molar-refractivity contribution is 5.87. The molecule has 108 valence electrons. The van der Waals surface area contributed by atoms with Crippen LogP contribution in [0.4, 0.5) is 4.79 Å². The lowest BCUT2D eigenvalue weighted by Crippen LogP contribution is -2.47. The Bertz CT molecular complexity index is 519. The number of aryl methyl sites for hydroxylation is 1. The van der Waals surface area contributed by atoms with Crippen molar-refractivity contribution >= 4 is 17.9 Å². The van der Waals surface area contributed by atoms with Crippen molar-refractivity contribution < 1.29 is 19.5 Å². The molecule has 1 aromatic heterocycles. The van der Waals surface area contributed by atoms with E-state index in [0.29, 0.717) is 11.5 Å². The van der Waals surface area contributed by atoms with Gasteiger partial charge in [-0.2, -0.15) is 0 Å². The van der Waals surface area contributed by atoms with E-state index in [-0.39, 0.29) is 6.54 Å². The van der Waals surface area contributed by atoms with Crippen LogP contribution in [0, 0.1) is 6.92 Å². The zero-order chi connectivity index (χ0) is 15.1. The van der Waals surface area contributed by atoms with Crippen LogP contribution in [0.3, 0.4) is 0 Å². The van der Waals surface area contributed by atoms with Crippen molar-refractivity contribution in [2.24, 2.45) is 5.73 Å². The standard InChI is InChI=1S/C11H15N5O4/c1-6-13-3-2-7(15-6)5-14-11(20)16-8(10(18)19)4-9(12)17/h2-3,8H,4-5H2,1H3,(H2,12,17)(H,18,19)(H2,14,16,20)/t8-/m1/s1. The maximum absolute atomic E-state index is 11.5. The molecule has 0 aliphatic rings. The summed E-state index contributed by atoms with van der Waals surface area (Å²) in [4.78, 5) is 41.0. The minimum absolute atomic E-state index is 0.109. The van der Waals surface area contributed by atoms with Gasteiger partial charge in [0.25, 0.3) is 0 Å². The van der Waals surface area contributed by atoms with Crippen molar-refractivity contribution in [3.05, 3.63) is 23.8 Å². The van der Waals surface area contributed by atoms with Gasteiger partial charge in [-0.25, -0.2) is 19.6 Å². The van der Waals surface area contributed by atoms with Gasteiger partial charge in [0.2, 0.25) is 5.91 Å². The number of aromatic nitrogens is 2. The van der Waals surface area contributed by atoms with Crippen LogP contribution in [0.25, 0.3) is 0 Å². The number of primary amides is 1. The van der Waals surface area contributed by atoms with Gasteiger partial charge in [-0.3, -0.25) is 4.79 Å². The lowest BCUT2D eigenvalue weighted by molar-refractivity contribution is -0.140. The molecule has 0 radical (unpaired) electrons. The van der Waals surface area contributed by atoms with E-state index in [1.54, 1.807) is 19.2 Å². The maximum atomic E-state index is 11.5. The first-order valence-corrected chi connectivity index (χ1v) is 5.72. The summed E-state index contributed by atoms with van der Waals surface area (Å²) in [6.45, 7) is 1.81. The minimum atomic E-state index is -1.36. The van der Waals surface area contributed by atoms with Crippen molar-refractivity contribution in [1.29, 1.82) is 0 Å². The van der Waals surface area contributed by atoms with Gasteiger partial charge in [0.05, 0.1) is 18.7 Å². The van der Waals surface area contributed by atoms with Gasteiger partial charge in [0.1, 0.15) is 11.9 Å². The highest BCUT2D eigenvalue weighted by atomic mass is 16.4. The molecule has 9 heteroatoms. The van der Waals surface area contributed by atoms with Gasteiger partial charge in [-0.05, 0) is 13.0 Å². The van der Waals surface area contributed by atoms with E-state index in [0.717, 1.165) is 0 Å². The number of nitrogens with zero attached hydrogens (tertiary/aromatic N) is 2. The Morgan fingerprint density at radius 3 is 2.70 bits per heavy atom. The largest absolute Gasteiger partial charge is 0.480 e. The molecular formula is C11H15N5O4. The molecule has 1 rings (SSSR count). The predicted molar refractivity (Wildman–Crippen MR) is 67.4 cm³/mol. The summed E-state index contributed by atoms with van der Waals surface area (Å²) < 4.78 is 0. The number of amides is 3. The van der Waals surface area contributed by atoms with Crippen LogP contribution in [0.1, 0.15) is 17.9 Å². The third-order valence-electron chi connectivity index (χ3n) is 2.27. The lowest BCUT2D eigenvalue weighted by atomic mass is 10.2. The van der Waals surface area contributed by atoms with E-state index in [2.05, 4.69) is 20.6 Å². The summed E-state index contributed by atoms with van der Waals surface area (Å²) >= 11 is 0. The number of nitrogens with two attached hydrogens (primary N) is 1. The Labute approximate surface area is 114 Å². The number of hydrogen-bond donors (Lipinski definition) is 4. The minimum Gasteiger partial charge on any atom is -0.480 e. The first-order valence-electron chi connectivity index (χ1n) is 5.72. The number of hydrogen-bond acceptors (Lipinski definition) is 5. The van der Waals surface area contributed by atoms with E-state index >= 15 is 0 Å². The van der Waals surface area contributed by atoms with Crippen LogP contribution < -0.4 is 16.4 Å². The molecule has 0 unspecified atom stereocenters. The molecule has 0 saturated carbocycles. The molecule has 0 spiro atoms. The average molecular weight is 281 g/mol. The maximum Gasteiger partial charge on any atom is 0.326 e. The highest BCUT2D eigenvalue weighted by Gasteiger charge is 2.21.